The first-order valence-corrected chi connectivity index (χ1v) is 8.39. The van der Waals surface area contributed by atoms with Gasteiger partial charge in [0.05, 0.1) is 6.61 Å². The maximum absolute atomic E-state index is 13.1. The summed E-state index contributed by atoms with van der Waals surface area (Å²) in [7, 11) is 0. The van der Waals surface area contributed by atoms with E-state index in [1.807, 2.05) is 17.0 Å². The summed E-state index contributed by atoms with van der Waals surface area (Å²) in [6, 6.07) is 5.88. The van der Waals surface area contributed by atoms with Crippen LogP contribution < -0.4 is 0 Å². The zero-order valence-electron chi connectivity index (χ0n) is 13.6. The molecule has 2 bridgehead atoms. The van der Waals surface area contributed by atoms with Crippen molar-refractivity contribution in [1.82, 2.24) is 9.88 Å². The second-order valence-corrected chi connectivity index (χ2v) is 6.95. The molecule has 1 N–H and O–H groups in total. The fraction of sp³-hybridized carbons (Fsp3) is 0.556. The molecule has 4 rings (SSSR count). The van der Waals surface area contributed by atoms with Gasteiger partial charge in [-0.1, -0.05) is 6.92 Å². The van der Waals surface area contributed by atoms with Crippen LogP contribution in [0.2, 0.25) is 0 Å². The first-order valence-electron chi connectivity index (χ1n) is 8.39. The van der Waals surface area contributed by atoms with Gasteiger partial charge in [-0.2, -0.15) is 0 Å². The highest BCUT2D eigenvalue weighted by atomic mass is 16.3. The first-order chi connectivity index (χ1) is 11.1. The van der Waals surface area contributed by atoms with Gasteiger partial charge >= 0.3 is 0 Å². The molecule has 0 aliphatic carbocycles. The van der Waals surface area contributed by atoms with E-state index < -0.39 is 0 Å². The second kappa shape index (κ2) is 5.06. The van der Waals surface area contributed by atoms with Gasteiger partial charge in [0, 0.05) is 30.0 Å². The van der Waals surface area contributed by atoms with Gasteiger partial charge in [0.1, 0.15) is 5.52 Å². The van der Waals surface area contributed by atoms with Gasteiger partial charge in [-0.3, -0.25) is 4.79 Å². The summed E-state index contributed by atoms with van der Waals surface area (Å²) < 4.78 is 5.55. The summed E-state index contributed by atoms with van der Waals surface area (Å²) >= 11 is 0. The van der Waals surface area contributed by atoms with E-state index in [9.17, 15) is 9.90 Å². The first kappa shape index (κ1) is 14.7. The Morgan fingerprint density at radius 2 is 2.30 bits per heavy atom. The summed E-state index contributed by atoms with van der Waals surface area (Å²) in [5.41, 5.74) is 1.96. The summed E-state index contributed by atoms with van der Waals surface area (Å²) in [5.74, 6) is 0.661. The van der Waals surface area contributed by atoms with Crippen molar-refractivity contribution in [1.29, 1.82) is 0 Å². The average molecular weight is 314 g/mol. The largest absolute Gasteiger partial charge is 0.441 e. The summed E-state index contributed by atoms with van der Waals surface area (Å²) in [6.07, 6.45) is 3.87. The van der Waals surface area contributed by atoms with Crippen molar-refractivity contribution in [2.24, 2.45) is 5.41 Å². The monoisotopic (exact) mass is 314 g/mol. The van der Waals surface area contributed by atoms with Crippen molar-refractivity contribution >= 4 is 17.0 Å². The van der Waals surface area contributed by atoms with E-state index in [0.717, 1.165) is 31.2 Å². The number of hydrogen-bond acceptors (Lipinski definition) is 4. The lowest BCUT2D eigenvalue weighted by Crippen LogP contribution is -2.42. The van der Waals surface area contributed by atoms with Gasteiger partial charge in [0.25, 0.3) is 5.91 Å². The van der Waals surface area contributed by atoms with Crippen molar-refractivity contribution in [3.8, 4) is 0 Å². The van der Waals surface area contributed by atoms with Crippen LogP contribution in [-0.2, 0) is 0 Å². The third-order valence-electron chi connectivity index (χ3n) is 5.85. The number of carbonyl (C=O) groups excluding carboxylic acids is 1. The number of benzene rings is 1. The Bertz CT molecular complexity index is 763. The summed E-state index contributed by atoms with van der Waals surface area (Å²) in [5, 5.41) is 9.89. The number of carbonyl (C=O) groups is 1. The van der Waals surface area contributed by atoms with E-state index in [-0.39, 0.29) is 30.0 Å². The van der Waals surface area contributed by atoms with E-state index in [0.29, 0.717) is 17.0 Å². The van der Waals surface area contributed by atoms with Gasteiger partial charge in [-0.15, -0.1) is 0 Å². The summed E-state index contributed by atoms with van der Waals surface area (Å²) in [4.78, 5) is 19.4. The van der Waals surface area contributed by atoms with Gasteiger partial charge in [0.15, 0.2) is 11.5 Å². The third kappa shape index (κ3) is 2.02. The highest BCUT2D eigenvalue weighted by Crippen LogP contribution is 2.51. The zero-order valence-corrected chi connectivity index (χ0v) is 13.6. The van der Waals surface area contributed by atoms with Gasteiger partial charge in [-0.25, -0.2) is 4.98 Å². The number of aryl methyl sites for hydroxylation is 1. The standard InChI is InChI=1S/C18H22N2O3/c1-3-18(10-21)9-13-5-7-16(18)20(13)17(22)12-4-6-14-15(8-12)23-11(2)19-14/h4,6,8,13,16,21H,3,5,7,9-10H2,1-2H3/t13-,16+,18-/m1/s1. The highest BCUT2D eigenvalue weighted by molar-refractivity contribution is 5.97. The number of fused-ring (bicyclic) bond motifs is 3. The molecule has 2 aliphatic heterocycles. The number of amides is 1. The van der Waals surface area contributed by atoms with E-state index in [1.165, 1.54) is 0 Å². The molecule has 122 valence electrons. The molecular formula is C18H22N2O3. The van der Waals surface area contributed by atoms with Crippen LogP contribution in [0.4, 0.5) is 0 Å². The molecule has 3 atom stereocenters. The molecule has 2 saturated heterocycles. The third-order valence-corrected chi connectivity index (χ3v) is 5.85. The molecular weight excluding hydrogens is 292 g/mol. The Morgan fingerprint density at radius 1 is 1.48 bits per heavy atom. The molecule has 3 heterocycles. The van der Waals surface area contributed by atoms with Crippen LogP contribution in [0.3, 0.4) is 0 Å². The number of nitrogens with zero attached hydrogens (tertiary/aromatic N) is 2. The number of oxazole rings is 1. The Morgan fingerprint density at radius 3 is 3.00 bits per heavy atom. The summed E-state index contributed by atoms with van der Waals surface area (Å²) in [6.45, 7) is 4.08. The zero-order chi connectivity index (χ0) is 16.2. The minimum absolute atomic E-state index is 0.0530. The number of aliphatic hydroxyl groups is 1. The van der Waals surface area contributed by atoms with E-state index in [4.69, 9.17) is 4.42 Å². The SMILES string of the molecule is CC[C@]1(CO)C[C@H]2CC[C@@H]1N2C(=O)c1ccc2nc(C)oc2c1. The maximum Gasteiger partial charge on any atom is 0.254 e. The molecule has 0 unspecified atom stereocenters. The predicted molar refractivity (Wildman–Crippen MR) is 86.2 cm³/mol. The molecule has 2 fully saturated rings. The van der Waals surface area contributed by atoms with E-state index in [2.05, 4.69) is 11.9 Å². The van der Waals surface area contributed by atoms with Crippen molar-refractivity contribution in [3.05, 3.63) is 29.7 Å². The fourth-order valence-electron chi connectivity index (χ4n) is 4.58. The van der Waals surface area contributed by atoms with Gasteiger partial charge < -0.3 is 14.4 Å². The highest BCUT2D eigenvalue weighted by Gasteiger charge is 2.56. The van der Waals surface area contributed by atoms with Crippen LogP contribution in [-0.4, -0.2) is 39.6 Å². The Balaban J connectivity index is 1.68. The molecule has 0 spiro atoms. The number of rotatable bonds is 3. The van der Waals surface area contributed by atoms with Crippen LogP contribution in [0, 0.1) is 12.3 Å². The van der Waals surface area contributed by atoms with Gasteiger partial charge in [0.2, 0.25) is 0 Å². The Labute approximate surface area is 135 Å². The molecule has 1 aromatic carbocycles. The molecule has 5 nitrogen and oxygen atoms in total. The van der Waals surface area contributed by atoms with Crippen LogP contribution in [0.1, 0.15) is 48.9 Å². The molecule has 2 aromatic rings. The van der Waals surface area contributed by atoms with Crippen LogP contribution >= 0.6 is 0 Å². The van der Waals surface area contributed by atoms with Crippen LogP contribution in [0.25, 0.3) is 11.1 Å². The lowest BCUT2D eigenvalue weighted by molar-refractivity contribution is 0.0557. The van der Waals surface area contributed by atoms with Crippen molar-refractivity contribution in [3.63, 3.8) is 0 Å². The number of aliphatic hydroxyl groups excluding tert-OH is 1. The predicted octanol–water partition coefficient (Wildman–Crippen LogP) is 2.90. The normalized spacial score (nSPS) is 29.6. The van der Waals surface area contributed by atoms with Crippen molar-refractivity contribution in [2.75, 3.05) is 6.61 Å². The smallest absolute Gasteiger partial charge is 0.254 e. The van der Waals surface area contributed by atoms with E-state index >= 15 is 0 Å². The second-order valence-electron chi connectivity index (χ2n) is 6.95. The molecule has 2 aliphatic rings. The maximum atomic E-state index is 13.1. The molecule has 1 aromatic heterocycles. The fourth-order valence-corrected chi connectivity index (χ4v) is 4.58. The number of hydrogen-bond donors (Lipinski definition) is 1. The van der Waals surface area contributed by atoms with Crippen molar-refractivity contribution < 1.29 is 14.3 Å². The molecule has 0 saturated carbocycles. The molecule has 23 heavy (non-hydrogen) atoms. The minimum atomic E-state index is -0.120. The average Bonchev–Trinajstić information content (AvgIpc) is 3.23. The van der Waals surface area contributed by atoms with E-state index in [1.54, 1.807) is 13.0 Å². The van der Waals surface area contributed by atoms with Gasteiger partial charge in [-0.05, 0) is 43.9 Å². The minimum Gasteiger partial charge on any atom is -0.441 e. The Kier molecular flexibility index (Phi) is 3.23. The number of aromatic nitrogens is 1. The Hall–Kier alpha value is -1.88. The quantitative estimate of drug-likeness (QED) is 0.946. The molecule has 0 radical (unpaired) electrons. The topological polar surface area (TPSA) is 66.6 Å². The lowest BCUT2D eigenvalue weighted by Gasteiger charge is -2.34. The van der Waals surface area contributed by atoms with Crippen molar-refractivity contribution in [2.45, 2.75) is 51.6 Å². The van der Waals surface area contributed by atoms with Crippen LogP contribution in [0.15, 0.2) is 22.6 Å². The molecule has 1 amide bonds. The van der Waals surface area contributed by atoms with Crippen LogP contribution in [0.5, 0.6) is 0 Å². The molecule has 5 heteroatoms. The lowest BCUT2D eigenvalue weighted by atomic mass is 9.72.